The van der Waals surface area contributed by atoms with E-state index < -0.39 is 0 Å². The van der Waals surface area contributed by atoms with Crippen LogP contribution >= 0.6 is 0 Å². The molecule has 1 atom stereocenters. The highest BCUT2D eigenvalue weighted by molar-refractivity contribution is 5.98. The lowest BCUT2D eigenvalue weighted by Crippen LogP contribution is -2.39. The number of hydrogen-bond donors (Lipinski definition) is 2. The molecule has 1 aliphatic heterocycles. The SMILES string of the molecule is CCC1CCCN(C(=O)c2cc3cc(N)ccc3[nH]2)C1. The number of fused-ring (bicyclic) bond motifs is 1. The molecule has 106 valence electrons. The Hall–Kier alpha value is -1.97. The van der Waals surface area contributed by atoms with E-state index in [0.29, 0.717) is 11.6 Å². The fourth-order valence-electron chi connectivity index (χ4n) is 3.02. The smallest absolute Gasteiger partial charge is 0.270 e. The van der Waals surface area contributed by atoms with Gasteiger partial charge in [0.25, 0.3) is 5.91 Å². The summed E-state index contributed by atoms with van der Waals surface area (Å²) >= 11 is 0. The molecule has 1 aromatic carbocycles. The van der Waals surface area contributed by atoms with Gasteiger partial charge >= 0.3 is 0 Å². The van der Waals surface area contributed by atoms with Gasteiger partial charge < -0.3 is 15.6 Å². The fraction of sp³-hybridized carbons (Fsp3) is 0.438. The van der Waals surface area contributed by atoms with Gasteiger partial charge in [-0.3, -0.25) is 4.79 Å². The number of rotatable bonds is 2. The van der Waals surface area contributed by atoms with Gasteiger partial charge in [0, 0.05) is 29.7 Å². The van der Waals surface area contributed by atoms with Crippen LogP contribution in [0, 0.1) is 5.92 Å². The third-order valence-electron chi connectivity index (χ3n) is 4.26. The zero-order valence-electron chi connectivity index (χ0n) is 11.9. The van der Waals surface area contributed by atoms with E-state index in [-0.39, 0.29) is 5.91 Å². The van der Waals surface area contributed by atoms with Gasteiger partial charge in [-0.15, -0.1) is 0 Å². The van der Waals surface area contributed by atoms with Crippen LogP contribution in [0.3, 0.4) is 0 Å². The first-order chi connectivity index (χ1) is 9.67. The van der Waals surface area contributed by atoms with Crippen molar-refractivity contribution in [1.29, 1.82) is 0 Å². The first kappa shape index (κ1) is 13.0. The minimum absolute atomic E-state index is 0.109. The summed E-state index contributed by atoms with van der Waals surface area (Å²) in [5.74, 6) is 0.755. The van der Waals surface area contributed by atoms with Crippen LogP contribution in [0.25, 0.3) is 10.9 Å². The second kappa shape index (κ2) is 5.19. The number of likely N-dealkylation sites (tertiary alicyclic amines) is 1. The number of nitrogens with one attached hydrogen (secondary N) is 1. The van der Waals surface area contributed by atoms with E-state index in [0.717, 1.165) is 42.5 Å². The Labute approximate surface area is 118 Å². The van der Waals surface area contributed by atoms with Crippen molar-refractivity contribution in [3.05, 3.63) is 30.0 Å². The van der Waals surface area contributed by atoms with Crippen molar-refractivity contribution in [2.24, 2.45) is 5.92 Å². The molecule has 0 bridgehead atoms. The number of aromatic amines is 1. The Bertz CT molecular complexity index is 632. The summed E-state index contributed by atoms with van der Waals surface area (Å²) in [6.45, 7) is 3.95. The molecule has 1 aromatic heterocycles. The third-order valence-corrected chi connectivity index (χ3v) is 4.26. The standard InChI is InChI=1S/C16H21N3O/c1-2-11-4-3-7-19(10-11)16(20)15-9-12-8-13(17)5-6-14(12)18-15/h5-6,8-9,11,18H,2-4,7,10,17H2,1H3. The lowest BCUT2D eigenvalue weighted by atomic mass is 9.95. The van der Waals surface area contributed by atoms with E-state index in [9.17, 15) is 4.79 Å². The fourth-order valence-corrected chi connectivity index (χ4v) is 3.02. The second-order valence-electron chi connectivity index (χ2n) is 5.70. The van der Waals surface area contributed by atoms with Crippen LogP contribution in [0.4, 0.5) is 5.69 Å². The summed E-state index contributed by atoms with van der Waals surface area (Å²) in [7, 11) is 0. The highest BCUT2D eigenvalue weighted by Crippen LogP contribution is 2.23. The summed E-state index contributed by atoms with van der Waals surface area (Å²) in [6, 6.07) is 7.57. The molecule has 1 aliphatic rings. The molecule has 20 heavy (non-hydrogen) atoms. The van der Waals surface area contributed by atoms with Gasteiger partial charge in [-0.25, -0.2) is 0 Å². The van der Waals surface area contributed by atoms with Crippen LogP contribution in [0.5, 0.6) is 0 Å². The number of H-pyrrole nitrogens is 1. The van der Waals surface area contributed by atoms with E-state index in [4.69, 9.17) is 5.73 Å². The maximum Gasteiger partial charge on any atom is 0.270 e. The number of hydrogen-bond acceptors (Lipinski definition) is 2. The van der Waals surface area contributed by atoms with Gasteiger partial charge in [0.1, 0.15) is 5.69 Å². The molecular formula is C16H21N3O. The van der Waals surface area contributed by atoms with Crippen molar-refractivity contribution < 1.29 is 4.79 Å². The van der Waals surface area contributed by atoms with Gasteiger partial charge in [0.05, 0.1) is 0 Å². The van der Waals surface area contributed by atoms with E-state index in [2.05, 4.69) is 11.9 Å². The number of carbonyl (C=O) groups is 1. The van der Waals surface area contributed by atoms with Crippen LogP contribution in [-0.4, -0.2) is 28.9 Å². The predicted octanol–water partition coefficient (Wildman–Crippen LogP) is 3.01. The predicted molar refractivity (Wildman–Crippen MR) is 81.6 cm³/mol. The van der Waals surface area contributed by atoms with Crippen LogP contribution in [0.2, 0.25) is 0 Å². The van der Waals surface area contributed by atoms with Gasteiger partial charge in [-0.2, -0.15) is 0 Å². The average Bonchev–Trinajstić information content (AvgIpc) is 2.89. The summed E-state index contributed by atoms with van der Waals surface area (Å²) in [6.07, 6.45) is 3.49. The number of anilines is 1. The Morgan fingerprint density at radius 1 is 1.45 bits per heavy atom. The molecule has 3 rings (SSSR count). The number of nitrogens with zero attached hydrogens (tertiary/aromatic N) is 1. The highest BCUT2D eigenvalue weighted by atomic mass is 16.2. The summed E-state index contributed by atoms with van der Waals surface area (Å²) in [4.78, 5) is 17.8. The highest BCUT2D eigenvalue weighted by Gasteiger charge is 2.24. The second-order valence-corrected chi connectivity index (χ2v) is 5.70. The number of aromatic nitrogens is 1. The van der Waals surface area contributed by atoms with Crippen LogP contribution in [-0.2, 0) is 0 Å². The van der Waals surface area contributed by atoms with Crippen molar-refractivity contribution in [2.45, 2.75) is 26.2 Å². The van der Waals surface area contributed by atoms with Crippen molar-refractivity contribution >= 4 is 22.5 Å². The number of benzene rings is 1. The van der Waals surface area contributed by atoms with E-state index in [1.165, 1.54) is 6.42 Å². The maximum atomic E-state index is 12.6. The topological polar surface area (TPSA) is 62.1 Å². The van der Waals surface area contributed by atoms with Gasteiger partial charge in [0.2, 0.25) is 0 Å². The average molecular weight is 271 g/mol. The first-order valence-electron chi connectivity index (χ1n) is 7.35. The first-order valence-corrected chi connectivity index (χ1v) is 7.35. The van der Waals surface area contributed by atoms with E-state index in [1.54, 1.807) is 0 Å². The normalized spacial score (nSPS) is 19.4. The lowest BCUT2D eigenvalue weighted by molar-refractivity contribution is 0.0666. The van der Waals surface area contributed by atoms with Crippen molar-refractivity contribution in [2.75, 3.05) is 18.8 Å². The molecule has 0 saturated carbocycles. The monoisotopic (exact) mass is 271 g/mol. The Kier molecular flexibility index (Phi) is 3.38. The van der Waals surface area contributed by atoms with Crippen molar-refractivity contribution in [3.8, 4) is 0 Å². The molecule has 0 radical (unpaired) electrons. The molecule has 3 N–H and O–H groups in total. The van der Waals surface area contributed by atoms with Crippen molar-refractivity contribution in [1.82, 2.24) is 9.88 Å². The lowest BCUT2D eigenvalue weighted by Gasteiger charge is -2.32. The van der Waals surface area contributed by atoms with Gasteiger partial charge in [-0.1, -0.05) is 13.3 Å². The van der Waals surface area contributed by atoms with Crippen LogP contribution in [0.15, 0.2) is 24.3 Å². The Morgan fingerprint density at radius 2 is 2.30 bits per heavy atom. The minimum Gasteiger partial charge on any atom is -0.399 e. The summed E-state index contributed by atoms with van der Waals surface area (Å²) in [5.41, 5.74) is 8.13. The maximum absolute atomic E-state index is 12.6. The Balaban J connectivity index is 1.84. The molecule has 4 heteroatoms. The molecular weight excluding hydrogens is 250 g/mol. The number of nitrogens with two attached hydrogens (primary N) is 1. The molecule has 0 spiro atoms. The quantitative estimate of drug-likeness (QED) is 0.825. The van der Waals surface area contributed by atoms with Gasteiger partial charge in [0.15, 0.2) is 0 Å². The number of piperidine rings is 1. The molecule has 1 amide bonds. The molecule has 1 saturated heterocycles. The molecule has 2 aromatic rings. The largest absolute Gasteiger partial charge is 0.399 e. The number of nitrogen functional groups attached to an aromatic ring is 1. The molecule has 2 heterocycles. The summed E-state index contributed by atoms with van der Waals surface area (Å²) < 4.78 is 0. The Morgan fingerprint density at radius 3 is 3.10 bits per heavy atom. The third kappa shape index (κ3) is 2.38. The molecule has 1 fully saturated rings. The summed E-state index contributed by atoms with van der Waals surface area (Å²) in [5, 5.41) is 0.998. The molecule has 0 aliphatic carbocycles. The zero-order valence-corrected chi connectivity index (χ0v) is 11.9. The van der Waals surface area contributed by atoms with Gasteiger partial charge in [-0.05, 0) is 43.0 Å². The number of carbonyl (C=O) groups excluding carboxylic acids is 1. The molecule has 4 nitrogen and oxygen atoms in total. The number of amides is 1. The molecule has 1 unspecified atom stereocenters. The van der Waals surface area contributed by atoms with E-state index in [1.807, 2.05) is 29.2 Å². The van der Waals surface area contributed by atoms with Crippen LogP contribution < -0.4 is 5.73 Å². The van der Waals surface area contributed by atoms with E-state index >= 15 is 0 Å². The zero-order chi connectivity index (χ0) is 14.1. The van der Waals surface area contributed by atoms with Crippen molar-refractivity contribution in [3.63, 3.8) is 0 Å². The van der Waals surface area contributed by atoms with Crippen LogP contribution in [0.1, 0.15) is 36.7 Å². The minimum atomic E-state index is 0.109.